The number of aliphatic hydroxyl groups excluding tert-OH is 2. The Morgan fingerprint density at radius 1 is 1.06 bits per heavy atom. The second-order valence-corrected chi connectivity index (χ2v) is 8.57. The fraction of sp³-hybridized carbons (Fsp3) is 0.333. The lowest BCUT2D eigenvalue weighted by atomic mass is 9.93. The van der Waals surface area contributed by atoms with E-state index < -0.39 is 17.7 Å². The van der Waals surface area contributed by atoms with Gasteiger partial charge in [-0.1, -0.05) is 66.2 Å². The minimum atomic E-state index is -0.722. The van der Waals surface area contributed by atoms with E-state index >= 15 is 0 Å². The molecular formula is C24H26BrNO5. The Balaban J connectivity index is 2.06. The van der Waals surface area contributed by atoms with E-state index in [2.05, 4.69) is 29.8 Å². The maximum absolute atomic E-state index is 12.9. The number of halogens is 1. The molecule has 7 heteroatoms. The van der Waals surface area contributed by atoms with Gasteiger partial charge in [0.1, 0.15) is 5.76 Å². The highest BCUT2D eigenvalue weighted by Crippen LogP contribution is 2.39. The third-order valence-electron chi connectivity index (χ3n) is 5.29. The Bertz CT molecular complexity index is 966. The summed E-state index contributed by atoms with van der Waals surface area (Å²) in [5.74, 6) is -1.26. The minimum absolute atomic E-state index is 0.0618. The summed E-state index contributed by atoms with van der Waals surface area (Å²) in [7, 11) is 0. The van der Waals surface area contributed by atoms with Crippen molar-refractivity contribution >= 4 is 33.4 Å². The van der Waals surface area contributed by atoms with Gasteiger partial charge in [0.15, 0.2) is 0 Å². The van der Waals surface area contributed by atoms with Crippen LogP contribution in [0.4, 0.5) is 0 Å². The van der Waals surface area contributed by atoms with Gasteiger partial charge in [-0.15, -0.1) is 0 Å². The highest BCUT2D eigenvalue weighted by Gasteiger charge is 2.45. The van der Waals surface area contributed by atoms with Gasteiger partial charge in [-0.3, -0.25) is 9.59 Å². The van der Waals surface area contributed by atoms with E-state index in [0.29, 0.717) is 11.5 Å². The largest absolute Gasteiger partial charge is 0.507 e. The van der Waals surface area contributed by atoms with Gasteiger partial charge < -0.3 is 19.8 Å². The van der Waals surface area contributed by atoms with Crippen LogP contribution < -0.4 is 0 Å². The van der Waals surface area contributed by atoms with Gasteiger partial charge in [0.2, 0.25) is 0 Å². The number of rotatable bonds is 8. The molecule has 1 atom stereocenters. The quantitative estimate of drug-likeness (QED) is 0.254. The first-order valence-electron chi connectivity index (χ1n) is 10.2. The summed E-state index contributed by atoms with van der Waals surface area (Å²) < 4.78 is 6.16. The zero-order chi connectivity index (χ0) is 22.5. The summed E-state index contributed by atoms with van der Waals surface area (Å²) in [5, 5.41) is 19.9. The van der Waals surface area contributed by atoms with Crippen LogP contribution in [0.5, 0.6) is 0 Å². The molecule has 2 aromatic rings. The molecule has 3 rings (SSSR count). The summed E-state index contributed by atoms with van der Waals surface area (Å²) in [4.78, 5) is 27.2. The monoisotopic (exact) mass is 487 g/mol. The number of carbonyl (C=O) groups is 2. The molecular weight excluding hydrogens is 462 g/mol. The van der Waals surface area contributed by atoms with Crippen LogP contribution in [0.15, 0.2) is 58.6 Å². The van der Waals surface area contributed by atoms with E-state index in [0.717, 1.165) is 15.6 Å². The number of likely N-dealkylation sites (tertiary alicyclic amines) is 1. The second-order valence-electron chi connectivity index (χ2n) is 7.66. The first kappa shape index (κ1) is 23.2. The molecule has 1 saturated heterocycles. The molecule has 1 fully saturated rings. The molecule has 6 nitrogen and oxygen atoms in total. The molecule has 1 amide bonds. The number of amides is 1. The Labute approximate surface area is 190 Å². The molecule has 164 valence electrons. The number of hydrogen-bond acceptors (Lipinski definition) is 5. The zero-order valence-electron chi connectivity index (χ0n) is 17.5. The number of ketones is 1. The van der Waals surface area contributed by atoms with Crippen molar-refractivity contribution in [2.45, 2.75) is 25.8 Å². The first-order valence-corrected chi connectivity index (χ1v) is 11.0. The summed E-state index contributed by atoms with van der Waals surface area (Å²) in [6, 6.07) is 13.9. The van der Waals surface area contributed by atoms with Crippen LogP contribution in [0.25, 0.3) is 5.76 Å². The van der Waals surface area contributed by atoms with Crippen molar-refractivity contribution in [2.75, 3.05) is 26.4 Å². The SMILES string of the molecule is CC(C)c1ccc(C2/C(=C(\O)c3ccc(Br)cc3)C(=O)C(=O)N2CCOCCO)cc1. The van der Waals surface area contributed by atoms with E-state index in [1.165, 1.54) is 4.90 Å². The van der Waals surface area contributed by atoms with Gasteiger partial charge in [0.05, 0.1) is 31.4 Å². The second kappa shape index (κ2) is 10.2. The van der Waals surface area contributed by atoms with E-state index in [-0.39, 0.29) is 37.7 Å². The zero-order valence-corrected chi connectivity index (χ0v) is 19.1. The van der Waals surface area contributed by atoms with E-state index in [4.69, 9.17) is 9.84 Å². The number of ether oxygens (including phenoxy) is 1. The topological polar surface area (TPSA) is 87.1 Å². The van der Waals surface area contributed by atoms with Crippen molar-refractivity contribution in [3.05, 3.63) is 75.3 Å². The lowest BCUT2D eigenvalue weighted by Crippen LogP contribution is -2.33. The van der Waals surface area contributed by atoms with Gasteiger partial charge >= 0.3 is 0 Å². The fourth-order valence-electron chi connectivity index (χ4n) is 3.61. The number of carbonyl (C=O) groups excluding carboxylic acids is 2. The third-order valence-corrected chi connectivity index (χ3v) is 5.82. The van der Waals surface area contributed by atoms with Gasteiger partial charge in [0.25, 0.3) is 11.7 Å². The van der Waals surface area contributed by atoms with Crippen LogP contribution in [0, 0.1) is 0 Å². The maximum atomic E-state index is 12.9. The maximum Gasteiger partial charge on any atom is 0.295 e. The molecule has 0 spiro atoms. The molecule has 0 radical (unpaired) electrons. The molecule has 1 aliphatic heterocycles. The molecule has 0 saturated carbocycles. The average Bonchev–Trinajstić information content (AvgIpc) is 3.01. The number of hydrogen-bond donors (Lipinski definition) is 2. The highest BCUT2D eigenvalue weighted by molar-refractivity contribution is 9.10. The Morgan fingerprint density at radius 2 is 1.71 bits per heavy atom. The van der Waals surface area contributed by atoms with Gasteiger partial charge in [0, 0.05) is 16.6 Å². The number of aliphatic hydroxyl groups is 2. The van der Waals surface area contributed by atoms with Crippen molar-refractivity contribution < 1.29 is 24.5 Å². The van der Waals surface area contributed by atoms with Crippen LogP contribution >= 0.6 is 15.9 Å². The van der Waals surface area contributed by atoms with Crippen molar-refractivity contribution in [2.24, 2.45) is 0 Å². The molecule has 31 heavy (non-hydrogen) atoms. The third kappa shape index (κ3) is 5.06. The Kier molecular flexibility index (Phi) is 7.64. The van der Waals surface area contributed by atoms with Crippen LogP contribution in [-0.2, 0) is 14.3 Å². The molecule has 0 bridgehead atoms. The summed E-state index contributed by atoms with van der Waals surface area (Å²) in [6.45, 7) is 4.55. The van der Waals surface area contributed by atoms with Crippen molar-refractivity contribution in [1.29, 1.82) is 0 Å². The summed E-state index contributed by atoms with van der Waals surface area (Å²) in [6.07, 6.45) is 0. The van der Waals surface area contributed by atoms with Crippen molar-refractivity contribution in [3.63, 3.8) is 0 Å². The lowest BCUT2D eigenvalue weighted by Gasteiger charge is -2.25. The van der Waals surface area contributed by atoms with Gasteiger partial charge in [-0.05, 0) is 29.2 Å². The van der Waals surface area contributed by atoms with Gasteiger partial charge in [-0.25, -0.2) is 0 Å². The van der Waals surface area contributed by atoms with Crippen LogP contribution in [-0.4, -0.2) is 53.2 Å². The standard InChI is InChI=1S/C24H26BrNO5/c1-15(2)16-3-5-17(6-4-16)21-20(22(28)18-7-9-19(25)10-8-18)23(29)24(30)26(21)11-13-31-14-12-27/h3-10,15,21,27-28H,11-14H2,1-2H3/b22-20+. The predicted molar refractivity (Wildman–Crippen MR) is 122 cm³/mol. The average molecular weight is 488 g/mol. The number of Topliss-reactive ketones (excluding diaryl/α,β-unsaturated/α-hetero) is 1. The van der Waals surface area contributed by atoms with Crippen molar-refractivity contribution in [3.8, 4) is 0 Å². The smallest absolute Gasteiger partial charge is 0.295 e. The lowest BCUT2D eigenvalue weighted by molar-refractivity contribution is -0.140. The summed E-state index contributed by atoms with van der Waals surface area (Å²) in [5.41, 5.74) is 2.40. The van der Waals surface area contributed by atoms with Crippen molar-refractivity contribution in [1.82, 2.24) is 4.90 Å². The number of benzene rings is 2. The minimum Gasteiger partial charge on any atom is -0.507 e. The van der Waals surface area contributed by atoms with Crippen LogP contribution in [0.3, 0.4) is 0 Å². The van der Waals surface area contributed by atoms with E-state index in [1.807, 2.05) is 24.3 Å². The molecule has 0 aromatic heterocycles. The Hall–Kier alpha value is -2.48. The highest BCUT2D eigenvalue weighted by atomic mass is 79.9. The Morgan fingerprint density at radius 3 is 2.29 bits per heavy atom. The molecule has 1 aliphatic rings. The summed E-state index contributed by atoms with van der Waals surface area (Å²) >= 11 is 3.36. The van der Waals surface area contributed by atoms with Crippen LogP contribution in [0.1, 0.15) is 42.5 Å². The molecule has 1 unspecified atom stereocenters. The fourth-order valence-corrected chi connectivity index (χ4v) is 3.88. The molecule has 1 heterocycles. The molecule has 2 N–H and O–H groups in total. The van der Waals surface area contributed by atoms with Gasteiger partial charge in [-0.2, -0.15) is 0 Å². The molecule has 2 aromatic carbocycles. The van der Waals surface area contributed by atoms with E-state index in [9.17, 15) is 14.7 Å². The van der Waals surface area contributed by atoms with Crippen LogP contribution in [0.2, 0.25) is 0 Å². The normalized spacial score (nSPS) is 18.2. The number of nitrogens with zero attached hydrogens (tertiary/aromatic N) is 1. The molecule has 0 aliphatic carbocycles. The predicted octanol–water partition coefficient (Wildman–Crippen LogP) is 4.00. The first-order chi connectivity index (χ1) is 14.8. The van der Waals surface area contributed by atoms with E-state index in [1.54, 1.807) is 24.3 Å².